The van der Waals surface area contributed by atoms with Gasteiger partial charge in [-0.2, -0.15) is 0 Å². The van der Waals surface area contributed by atoms with Gasteiger partial charge in [0.2, 0.25) is 0 Å². The lowest BCUT2D eigenvalue weighted by molar-refractivity contribution is 0.116. The molecule has 0 aliphatic carbocycles. The summed E-state index contributed by atoms with van der Waals surface area (Å²) in [6.07, 6.45) is 2.75. The van der Waals surface area contributed by atoms with Crippen LogP contribution >= 0.6 is 11.3 Å². The molecule has 2 heterocycles. The lowest BCUT2D eigenvalue weighted by Crippen LogP contribution is -2.28. The lowest BCUT2D eigenvalue weighted by atomic mass is 10.2. The van der Waals surface area contributed by atoms with Gasteiger partial charge in [-0.3, -0.25) is 0 Å². The number of anilines is 1. The largest absolute Gasteiger partial charge is 0.376 e. The number of nitrogens with one attached hydrogen (secondary N) is 1. The maximum Gasteiger partial charge on any atom is 0.185 e. The van der Waals surface area contributed by atoms with E-state index in [9.17, 15) is 0 Å². The van der Waals surface area contributed by atoms with E-state index in [4.69, 9.17) is 9.72 Å². The third-order valence-electron chi connectivity index (χ3n) is 3.55. The molecule has 2 rings (SSSR count). The highest BCUT2D eigenvalue weighted by atomic mass is 32.1. The molecule has 4 nitrogen and oxygen atoms in total. The van der Waals surface area contributed by atoms with Crippen LogP contribution in [-0.4, -0.2) is 37.8 Å². The maximum absolute atomic E-state index is 5.69. The number of likely N-dealkylation sites (N-methyl/N-ethyl adjacent to an activating group) is 1. The van der Waals surface area contributed by atoms with Crippen LogP contribution < -0.4 is 10.2 Å². The highest BCUT2D eigenvalue weighted by Gasteiger charge is 2.20. The van der Waals surface area contributed by atoms with Crippen molar-refractivity contribution in [2.45, 2.75) is 45.8 Å². The molecule has 0 spiro atoms. The van der Waals surface area contributed by atoms with Crippen LogP contribution in [-0.2, 0) is 4.74 Å². The summed E-state index contributed by atoms with van der Waals surface area (Å²) in [5.74, 6) is 0. The standard InChI is InChI=1S/C14H25N3OS/c1-5-15-10(2)13-11(3)16-14(19-13)17(4)9-12-7-6-8-18-12/h10,12,15H,5-9H2,1-4H3. The van der Waals surface area contributed by atoms with Gasteiger partial charge in [-0.25, -0.2) is 4.98 Å². The van der Waals surface area contributed by atoms with E-state index in [1.165, 1.54) is 17.7 Å². The monoisotopic (exact) mass is 283 g/mol. The van der Waals surface area contributed by atoms with Gasteiger partial charge in [0.25, 0.3) is 0 Å². The van der Waals surface area contributed by atoms with Crippen molar-refractivity contribution in [3.05, 3.63) is 10.6 Å². The molecule has 1 N–H and O–H groups in total. The van der Waals surface area contributed by atoms with Crippen molar-refractivity contribution >= 4 is 16.5 Å². The van der Waals surface area contributed by atoms with Gasteiger partial charge in [0, 0.05) is 31.1 Å². The minimum atomic E-state index is 0.379. The number of hydrogen-bond donors (Lipinski definition) is 1. The van der Waals surface area contributed by atoms with Gasteiger partial charge in [-0.1, -0.05) is 6.92 Å². The smallest absolute Gasteiger partial charge is 0.185 e. The lowest BCUT2D eigenvalue weighted by Gasteiger charge is -2.19. The Morgan fingerprint density at radius 3 is 3.00 bits per heavy atom. The van der Waals surface area contributed by atoms with E-state index < -0.39 is 0 Å². The summed E-state index contributed by atoms with van der Waals surface area (Å²) in [6.45, 7) is 9.29. The summed E-state index contributed by atoms with van der Waals surface area (Å²) < 4.78 is 5.69. The highest BCUT2D eigenvalue weighted by molar-refractivity contribution is 7.15. The van der Waals surface area contributed by atoms with Crippen LogP contribution in [0.3, 0.4) is 0 Å². The zero-order valence-corrected chi connectivity index (χ0v) is 13.2. The minimum Gasteiger partial charge on any atom is -0.376 e. The van der Waals surface area contributed by atoms with Crippen molar-refractivity contribution in [3.63, 3.8) is 0 Å². The average molecular weight is 283 g/mol. The number of ether oxygens (including phenoxy) is 1. The molecule has 1 aromatic rings. The van der Waals surface area contributed by atoms with Crippen LogP contribution in [0.2, 0.25) is 0 Å². The van der Waals surface area contributed by atoms with Gasteiger partial charge in [0.1, 0.15) is 0 Å². The summed E-state index contributed by atoms with van der Waals surface area (Å²) in [5, 5.41) is 4.56. The fourth-order valence-electron chi connectivity index (χ4n) is 2.53. The Kier molecular flexibility index (Phi) is 5.19. The van der Waals surface area contributed by atoms with Crippen molar-refractivity contribution in [1.29, 1.82) is 0 Å². The van der Waals surface area contributed by atoms with Crippen molar-refractivity contribution in [3.8, 4) is 0 Å². The number of nitrogens with zero attached hydrogens (tertiary/aromatic N) is 2. The van der Waals surface area contributed by atoms with Gasteiger partial charge in [0.05, 0.1) is 11.8 Å². The van der Waals surface area contributed by atoms with E-state index in [0.29, 0.717) is 12.1 Å². The van der Waals surface area contributed by atoms with Crippen LogP contribution in [0.25, 0.3) is 0 Å². The molecule has 0 amide bonds. The zero-order valence-electron chi connectivity index (χ0n) is 12.4. The molecular formula is C14H25N3OS. The van der Waals surface area contributed by atoms with Gasteiger partial charge in [-0.05, 0) is 33.2 Å². The molecule has 0 bridgehead atoms. The molecule has 108 valence electrons. The second-order valence-corrected chi connectivity index (χ2v) is 6.25. The zero-order chi connectivity index (χ0) is 13.8. The topological polar surface area (TPSA) is 37.4 Å². The predicted molar refractivity (Wildman–Crippen MR) is 81.2 cm³/mol. The minimum absolute atomic E-state index is 0.379. The molecule has 0 saturated carbocycles. The summed E-state index contributed by atoms with van der Waals surface area (Å²) in [4.78, 5) is 8.28. The molecule has 1 saturated heterocycles. The normalized spacial score (nSPS) is 20.7. The summed E-state index contributed by atoms with van der Waals surface area (Å²) in [5.41, 5.74) is 1.15. The Hall–Kier alpha value is -0.650. The second-order valence-electron chi connectivity index (χ2n) is 5.24. The molecule has 2 unspecified atom stereocenters. The van der Waals surface area contributed by atoms with Gasteiger partial charge in [-0.15, -0.1) is 11.3 Å². The molecule has 5 heteroatoms. The number of aryl methyl sites for hydroxylation is 1. The number of hydrogen-bond acceptors (Lipinski definition) is 5. The maximum atomic E-state index is 5.69. The van der Waals surface area contributed by atoms with Crippen LogP contribution in [0.4, 0.5) is 5.13 Å². The van der Waals surface area contributed by atoms with Crippen LogP contribution in [0.15, 0.2) is 0 Å². The number of rotatable bonds is 6. The molecule has 1 aliphatic heterocycles. The van der Waals surface area contributed by atoms with E-state index in [0.717, 1.165) is 30.5 Å². The number of thiazole rings is 1. The van der Waals surface area contributed by atoms with E-state index in [2.05, 4.69) is 38.0 Å². The fourth-order valence-corrected chi connectivity index (χ4v) is 3.59. The van der Waals surface area contributed by atoms with Gasteiger partial charge in [0.15, 0.2) is 5.13 Å². The van der Waals surface area contributed by atoms with Crippen LogP contribution in [0.1, 0.15) is 43.3 Å². The molecule has 19 heavy (non-hydrogen) atoms. The summed E-state index contributed by atoms with van der Waals surface area (Å²) >= 11 is 1.80. The number of aromatic nitrogens is 1. The highest BCUT2D eigenvalue weighted by Crippen LogP contribution is 2.30. The first-order valence-electron chi connectivity index (χ1n) is 7.15. The Morgan fingerprint density at radius 1 is 1.58 bits per heavy atom. The van der Waals surface area contributed by atoms with E-state index in [1.54, 1.807) is 11.3 Å². The molecule has 1 aromatic heterocycles. The molecule has 0 radical (unpaired) electrons. The van der Waals surface area contributed by atoms with Crippen molar-refractivity contribution < 1.29 is 4.74 Å². The average Bonchev–Trinajstić information content (AvgIpc) is 2.98. The van der Waals surface area contributed by atoms with Crippen molar-refractivity contribution in [2.75, 3.05) is 31.6 Å². The Labute approximate surface area is 120 Å². The third-order valence-corrected chi connectivity index (χ3v) is 5.01. The van der Waals surface area contributed by atoms with Gasteiger partial charge >= 0.3 is 0 Å². The predicted octanol–water partition coefficient (Wildman–Crippen LogP) is 2.74. The second kappa shape index (κ2) is 6.68. The first kappa shape index (κ1) is 14.8. The summed E-state index contributed by atoms with van der Waals surface area (Å²) in [7, 11) is 2.11. The molecule has 1 aliphatic rings. The quantitative estimate of drug-likeness (QED) is 0.871. The third kappa shape index (κ3) is 3.68. The van der Waals surface area contributed by atoms with Crippen molar-refractivity contribution in [2.24, 2.45) is 0 Å². The van der Waals surface area contributed by atoms with Crippen LogP contribution in [0.5, 0.6) is 0 Å². The van der Waals surface area contributed by atoms with Gasteiger partial charge < -0.3 is 15.0 Å². The van der Waals surface area contributed by atoms with E-state index in [-0.39, 0.29) is 0 Å². The molecule has 0 aromatic carbocycles. The van der Waals surface area contributed by atoms with Crippen molar-refractivity contribution in [1.82, 2.24) is 10.3 Å². The van der Waals surface area contributed by atoms with E-state index >= 15 is 0 Å². The van der Waals surface area contributed by atoms with E-state index in [1.807, 2.05) is 0 Å². The first-order chi connectivity index (χ1) is 9.11. The molecule has 2 atom stereocenters. The first-order valence-corrected chi connectivity index (χ1v) is 7.97. The Balaban J connectivity index is 2.01. The Bertz CT molecular complexity index is 401. The fraction of sp³-hybridized carbons (Fsp3) is 0.786. The molecule has 1 fully saturated rings. The Morgan fingerprint density at radius 2 is 2.37 bits per heavy atom. The summed E-state index contributed by atoms with van der Waals surface area (Å²) in [6, 6.07) is 0.382. The SMILES string of the molecule is CCNC(C)c1sc(N(C)CC2CCCO2)nc1C. The van der Waals surface area contributed by atoms with Crippen LogP contribution in [0, 0.1) is 6.92 Å². The molecular weight excluding hydrogens is 258 g/mol.